The Morgan fingerprint density at radius 2 is 1.95 bits per heavy atom. The standard InChI is InChI=1S/C12H15N3O3S/c1-14-8-12(13-9-14)19(17,18)15(2)7-10-3-5-11(16)6-4-10/h3-6,8-9,16H,7H2,1-2H3. The fraction of sp³-hybridized carbons (Fsp3) is 0.250. The minimum Gasteiger partial charge on any atom is -0.508 e. The highest BCUT2D eigenvalue weighted by Crippen LogP contribution is 2.16. The van der Waals surface area contributed by atoms with Crippen molar-refractivity contribution in [2.75, 3.05) is 7.05 Å². The van der Waals surface area contributed by atoms with E-state index in [2.05, 4.69) is 4.98 Å². The molecule has 1 aromatic carbocycles. The Balaban J connectivity index is 2.19. The molecule has 102 valence electrons. The van der Waals surface area contributed by atoms with Crippen LogP contribution in [0.15, 0.2) is 41.8 Å². The summed E-state index contributed by atoms with van der Waals surface area (Å²) in [5.74, 6) is 0.152. The predicted octanol–water partition coefficient (Wildman–Crippen LogP) is 0.946. The smallest absolute Gasteiger partial charge is 0.262 e. The highest BCUT2D eigenvalue weighted by atomic mass is 32.2. The largest absolute Gasteiger partial charge is 0.508 e. The summed E-state index contributed by atoms with van der Waals surface area (Å²) in [5.41, 5.74) is 0.791. The van der Waals surface area contributed by atoms with Gasteiger partial charge in [-0.05, 0) is 17.7 Å². The third-order valence-electron chi connectivity index (χ3n) is 2.70. The topological polar surface area (TPSA) is 75.4 Å². The molecule has 0 spiro atoms. The molecule has 7 heteroatoms. The summed E-state index contributed by atoms with van der Waals surface area (Å²) in [4.78, 5) is 3.86. The molecule has 0 radical (unpaired) electrons. The van der Waals surface area contributed by atoms with Crippen LogP contribution < -0.4 is 0 Å². The molecule has 0 aliphatic heterocycles. The van der Waals surface area contributed by atoms with E-state index >= 15 is 0 Å². The number of hydrogen-bond donors (Lipinski definition) is 1. The number of aromatic nitrogens is 2. The van der Waals surface area contributed by atoms with Gasteiger partial charge < -0.3 is 9.67 Å². The van der Waals surface area contributed by atoms with Gasteiger partial charge in [-0.3, -0.25) is 0 Å². The number of sulfonamides is 1. The van der Waals surface area contributed by atoms with Crippen LogP contribution in [0.3, 0.4) is 0 Å². The number of aromatic hydroxyl groups is 1. The number of nitrogens with zero attached hydrogens (tertiary/aromatic N) is 3. The molecule has 2 aromatic rings. The lowest BCUT2D eigenvalue weighted by Crippen LogP contribution is -2.26. The van der Waals surface area contributed by atoms with Gasteiger partial charge >= 0.3 is 0 Å². The van der Waals surface area contributed by atoms with Crippen molar-refractivity contribution >= 4 is 10.0 Å². The average molecular weight is 281 g/mol. The van der Waals surface area contributed by atoms with E-state index in [1.165, 1.54) is 36.0 Å². The molecule has 0 fully saturated rings. The first kappa shape index (κ1) is 13.6. The van der Waals surface area contributed by atoms with Gasteiger partial charge in [0.05, 0.1) is 6.33 Å². The van der Waals surface area contributed by atoms with E-state index in [4.69, 9.17) is 0 Å². The van der Waals surface area contributed by atoms with Crippen molar-refractivity contribution in [2.45, 2.75) is 11.6 Å². The first-order chi connectivity index (χ1) is 8.89. The molecule has 0 atom stereocenters. The molecule has 0 amide bonds. The van der Waals surface area contributed by atoms with Crippen LogP contribution in [0.5, 0.6) is 5.75 Å². The Bertz CT molecular complexity index is 662. The van der Waals surface area contributed by atoms with Gasteiger partial charge in [0, 0.05) is 26.8 Å². The zero-order chi connectivity index (χ0) is 14.0. The number of phenols is 1. The average Bonchev–Trinajstić information content (AvgIpc) is 2.79. The van der Waals surface area contributed by atoms with Crippen molar-refractivity contribution in [3.63, 3.8) is 0 Å². The van der Waals surface area contributed by atoms with Gasteiger partial charge in [-0.15, -0.1) is 0 Å². The molecular weight excluding hydrogens is 266 g/mol. The molecular formula is C12H15N3O3S. The molecule has 0 bridgehead atoms. The van der Waals surface area contributed by atoms with Crippen LogP contribution in [0.4, 0.5) is 0 Å². The van der Waals surface area contributed by atoms with Gasteiger partial charge in [-0.1, -0.05) is 12.1 Å². The molecule has 0 aliphatic carbocycles. The highest BCUT2D eigenvalue weighted by molar-refractivity contribution is 7.89. The Labute approximate surface area is 112 Å². The fourth-order valence-electron chi connectivity index (χ4n) is 1.63. The third kappa shape index (κ3) is 2.94. The fourth-order valence-corrected chi connectivity index (χ4v) is 2.74. The van der Waals surface area contributed by atoms with E-state index in [0.29, 0.717) is 0 Å². The van der Waals surface area contributed by atoms with Gasteiger partial charge in [-0.2, -0.15) is 4.31 Å². The number of phenolic OH excluding ortho intramolecular Hbond substituents is 1. The maximum absolute atomic E-state index is 12.2. The second-order valence-corrected chi connectivity index (χ2v) is 6.30. The van der Waals surface area contributed by atoms with E-state index in [1.807, 2.05) is 0 Å². The quantitative estimate of drug-likeness (QED) is 0.905. The lowest BCUT2D eigenvalue weighted by molar-refractivity contribution is 0.461. The van der Waals surface area contributed by atoms with Crippen LogP contribution in [0, 0.1) is 0 Å². The van der Waals surface area contributed by atoms with Crippen LogP contribution in [0.25, 0.3) is 0 Å². The maximum Gasteiger partial charge on any atom is 0.262 e. The monoisotopic (exact) mass is 281 g/mol. The van der Waals surface area contributed by atoms with E-state index < -0.39 is 10.0 Å². The zero-order valence-electron chi connectivity index (χ0n) is 10.7. The normalized spacial score (nSPS) is 11.9. The summed E-state index contributed by atoms with van der Waals surface area (Å²) >= 11 is 0. The Kier molecular flexibility index (Phi) is 3.59. The van der Waals surface area contributed by atoms with Crippen molar-refractivity contribution in [1.29, 1.82) is 0 Å². The van der Waals surface area contributed by atoms with Crippen molar-refractivity contribution in [3.8, 4) is 5.75 Å². The van der Waals surface area contributed by atoms with Gasteiger partial charge in [-0.25, -0.2) is 13.4 Å². The molecule has 1 N–H and O–H groups in total. The molecule has 19 heavy (non-hydrogen) atoms. The molecule has 0 unspecified atom stereocenters. The molecule has 0 aliphatic rings. The second-order valence-electron chi connectivity index (χ2n) is 4.30. The number of rotatable bonds is 4. The SMILES string of the molecule is CN(Cc1ccc(O)cc1)S(=O)(=O)c1cn(C)cn1. The van der Waals surface area contributed by atoms with Gasteiger partial charge in [0.25, 0.3) is 10.0 Å². The van der Waals surface area contributed by atoms with Crippen LogP contribution in [0.2, 0.25) is 0 Å². The molecule has 2 rings (SSSR count). The zero-order valence-corrected chi connectivity index (χ0v) is 11.5. The minimum absolute atomic E-state index is 0.0243. The summed E-state index contributed by atoms with van der Waals surface area (Å²) in [6.07, 6.45) is 2.91. The van der Waals surface area contributed by atoms with Crippen LogP contribution in [-0.2, 0) is 23.6 Å². The van der Waals surface area contributed by atoms with E-state index in [-0.39, 0.29) is 17.3 Å². The molecule has 6 nitrogen and oxygen atoms in total. The first-order valence-corrected chi connectivity index (χ1v) is 7.06. The number of hydrogen-bond acceptors (Lipinski definition) is 4. The number of benzene rings is 1. The lowest BCUT2D eigenvalue weighted by atomic mass is 10.2. The predicted molar refractivity (Wildman–Crippen MR) is 70.0 cm³/mol. The van der Waals surface area contributed by atoms with Crippen LogP contribution in [-0.4, -0.2) is 34.4 Å². The Morgan fingerprint density at radius 3 is 2.47 bits per heavy atom. The lowest BCUT2D eigenvalue weighted by Gasteiger charge is -2.15. The molecule has 0 saturated heterocycles. The highest BCUT2D eigenvalue weighted by Gasteiger charge is 2.23. The molecule has 0 saturated carbocycles. The Morgan fingerprint density at radius 1 is 1.32 bits per heavy atom. The van der Waals surface area contributed by atoms with E-state index in [0.717, 1.165) is 5.56 Å². The number of aryl methyl sites for hydroxylation is 1. The molecule has 1 heterocycles. The van der Waals surface area contributed by atoms with Crippen molar-refractivity contribution < 1.29 is 13.5 Å². The summed E-state index contributed by atoms with van der Waals surface area (Å²) < 4.78 is 27.2. The minimum atomic E-state index is -3.59. The molecule has 1 aromatic heterocycles. The van der Waals surface area contributed by atoms with Crippen molar-refractivity contribution in [3.05, 3.63) is 42.4 Å². The van der Waals surface area contributed by atoms with Crippen molar-refractivity contribution in [2.24, 2.45) is 7.05 Å². The second kappa shape index (κ2) is 5.02. The van der Waals surface area contributed by atoms with Crippen molar-refractivity contribution in [1.82, 2.24) is 13.9 Å². The first-order valence-electron chi connectivity index (χ1n) is 5.62. The van der Waals surface area contributed by atoms with Gasteiger partial charge in [0.1, 0.15) is 5.75 Å². The van der Waals surface area contributed by atoms with E-state index in [9.17, 15) is 13.5 Å². The van der Waals surface area contributed by atoms with E-state index in [1.54, 1.807) is 23.7 Å². The summed E-state index contributed by atoms with van der Waals surface area (Å²) in [6, 6.07) is 6.41. The van der Waals surface area contributed by atoms with Crippen LogP contribution in [0.1, 0.15) is 5.56 Å². The summed E-state index contributed by atoms with van der Waals surface area (Å²) in [7, 11) is -0.376. The summed E-state index contributed by atoms with van der Waals surface area (Å²) in [6.45, 7) is 0.221. The Hall–Kier alpha value is -1.86. The third-order valence-corrected chi connectivity index (χ3v) is 4.39. The summed E-state index contributed by atoms with van der Waals surface area (Å²) in [5, 5.41) is 9.21. The van der Waals surface area contributed by atoms with Crippen LogP contribution >= 0.6 is 0 Å². The maximum atomic E-state index is 12.2. The number of imidazole rings is 1. The van der Waals surface area contributed by atoms with Gasteiger partial charge in [0.2, 0.25) is 0 Å². The van der Waals surface area contributed by atoms with Gasteiger partial charge in [0.15, 0.2) is 5.03 Å².